The van der Waals surface area contributed by atoms with Crippen molar-refractivity contribution in [2.24, 2.45) is 5.92 Å². The first kappa shape index (κ1) is 24.2. The van der Waals surface area contributed by atoms with E-state index < -0.39 is 47.6 Å². The normalized spacial score (nSPS) is 28.9. The molecule has 3 atom stereocenters. The molecule has 0 N–H and O–H groups in total. The van der Waals surface area contributed by atoms with Crippen LogP contribution in [0.2, 0.25) is 64.5 Å². The lowest BCUT2D eigenvalue weighted by Gasteiger charge is -2.63. The molecule has 30 heavy (non-hydrogen) atoms. The molecule has 0 amide bonds. The lowest BCUT2D eigenvalue weighted by molar-refractivity contribution is -0.137. The van der Waals surface area contributed by atoms with E-state index in [1.165, 1.54) is 12.1 Å². The minimum Gasteiger partial charge on any atom is -0.411 e. The van der Waals surface area contributed by atoms with Crippen LogP contribution in [-0.4, -0.2) is 30.6 Å². The van der Waals surface area contributed by atoms with Gasteiger partial charge in [-0.05, 0) is 49.3 Å². The van der Waals surface area contributed by atoms with Crippen LogP contribution in [0.3, 0.4) is 0 Å². The number of allylic oxidation sites excluding steroid dienone is 1. The highest BCUT2D eigenvalue weighted by Gasteiger charge is 2.77. The molecule has 1 aromatic rings. The van der Waals surface area contributed by atoms with Gasteiger partial charge in [0.1, 0.15) is 0 Å². The predicted molar refractivity (Wildman–Crippen MR) is 131 cm³/mol. The minimum atomic E-state index is -4.31. The van der Waals surface area contributed by atoms with Gasteiger partial charge in [0.2, 0.25) is 0 Å². The van der Waals surface area contributed by atoms with Gasteiger partial charge in [0.25, 0.3) is 0 Å². The van der Waals surface area contributed by atoms with Gasteiger partial charge in [-0.3, -0.25) is 0 Å². The van der Waals surface area contributed by atoms with Gasteiger partial charge in [0.15, 0.2) is 8.32 Å². The zero-order valence-corrected chi connectivity index (χ0v) is 23.9. The van der Waals surface area contributed by atoms with Gasteiger partial charge in [0, 0.05) is 21.1 Å². The van der Waals surface area contributed by atoms with Crippen LogP contribution < -0.4 is 0 Å². The number of benzene rings is 1. The summed E-state index contributed by atoms with van der Waals surface area (Å²) in [4.78, 5) is 0. The number of halogens is 3. The molecule has 0 radical (unpaired) electrons. The molecule has 168 valence electrons. The van der Waals surface area contributed by atoms with Gasteiger partial charge in [-0.25, -0.2) is 0 Å². The first-order valence-electron chi connectivity index (χ1n) is 10.9. The van der Waals surface area contributed by atoms with E-state index in [0.717, 1.165) is 12.0 Å². The molecule has 1 aliphatic heterocycles. The molecular weight excluding hydrogens is 450 g/mol. The SMILES string of the molecule is C[Si](C)(C)O[C@]1(c2ccc(C(F)(F)F)cc2)[C@@H]2C=C[C@@H](C2)[Si]1([Si](C)(C)C)[Si](C)(C)C. The van der Waals surface area contributed by atoms with E-state index in [2.05, 4.69) is 71.1 Å². The van der Waals surface area contributed by atoms with Crippen LogP contribution in [-0.2, 0) is 15.8 Å². The average Bonchev–Trinajstić information content (AvgIpc) is 3.10. The standard InChI is InChI=1S/C22H37F3OSi4/c1-27(2,3)26-21(17-10-12-18(13-11-17)22(23,24)25)19-14-15-20(16-19)30(21,28(4,5)6)29(7,8)9/h10-15,19-20H,16H2,1-9H3/t19-,20+,21+/m1/s1. The summed E-state index contributed by atoms with van der Waals surface area (Å²) in [6.07, 6.45) is 1.62. The van der Waals surface area contributed by atoms with Crippen molar-refractivity contribution in [2.45, 2.75) is 82.3 Å². The van der Waals surface area contributed by atoms with E-state index in [9.17, 15) is 13.2 Å². The zero-order valence-electron chi connectivity index (χ0n) is 19.9. The fourth-order valence-corrected chi connectivity index (χ4v) is 64.3. The highest BCUT2D eigenvalue weighted by Crippen LogP contribution is 2.67. The number of hydrogen-bond acceptors (Lipinski definition) is 1. The summed E-state index contributed by atoms with van der Waals surface area (Å²) in [6, 6.07) is 6.10. The zero-order chi connectivity index (χ0) is 23.0. The third-order valence-corrected chi connectivity index (χ3v) is 48.7. The average molecular weight is 487 g/mol. The molecule has 2 aliphatic rings. The van der Waals surface area contributed by atoms with E-state index in [1.54, 1.807) is 12.1 Å². The number of hydrogen-bond donors (Lipinski definition) is 0. The van der Waals surface area contributed by atoms with E-state index in [4.69, 9.17) is 4.43 Å². The van der Waals surface area contributed by atoms with Crippen LogP contribution in [0.25, 0.3) is 0 Å². The smallest absolute Gasteiger partial charge is 0.411 e. The molecular formula is C22H37F3OSi4. The number of rotatable bonds is 5. The summed E-state index contributed by atoms with van der Waals surface area (Å²) < 4.78 is 47.3. The molecule has 1 aliphatic carbocycles. The molecule has 2 bridgehead atoms. The van der Waals surface area contributed by atoms with E-state index in [1.807, 2.05) is 0 Å². The lowest BCUT2D eigenvalue weighted by atomic mass is 9.94. The van der Waals surface area contributed by atoms with Gasteiger partial charge in [-0.2, -0.15) is 13.2 Å². The molecule has 8 heteroatoms. The Morgan fingerprint density at radius 3 is 1.77 bits per heavy atom. The summed E-state index contributed by atoms with van der Waals surface area (Å²) in [5.41, 5.74) is 1.03. The molecule has 3 rings (SSSR count). The summed E-state index contributed by atoms with van der Waals surface area (Å²) in [5.74, 6) is 0.288. The lowest BCUT2D eigenvalue weighted by Crippen LogP contribution is -2.83. The second-order valence-electron chi connectivity index (χ2n) is 12.2. The summed E-state index contributed by atoms with van der Waals surface area (Å²) in [6.45, 7) is 21.8. The van der Waals surface area contributed by atoms with Crippen molar-refractivity contribution in [3.63, 3.8) is 0 Å². The number of fused-ring (bicyclic) bond motifs is 2. The Balaban J connectivity index is 2.38. The Hall–Kier alpha value is -0.422. The first-order valence-corrected chi connectivity index (χ1v) is 25.4. The summed E-state index contributed by atoms with van der Waals surface area (Å²) in [5, 5.41) is -0.393. The van der Waals surface area contributed by atoms with Crippen LogP contribution in [0, 0.1) is 5.92 Å². The van der Waals surface area contributed by atoms with Crippen molar-refractivity contribution in [1.82, 2.24) is 0 Å². The third kappa shape index (κ3) is 3.41. The topological polar surface area (TPSA) is 9.23 Å². The van der Waals surface area contributed by atoms with Gasteiger partial charge in [-0.15, -0.1) is 0 Å². The van der Waals surface area contributed by atoms with Crippen molar-refractivity contribution in [3.8, 4) is 0 Å². The van der Waals surface area contributed by atoms with Crippen LogP contribution in [0.1, 0.15) is 17.5 Å². The van der Waals surface area contributed by atoms with Crippen molar-refractivity contribution in [3.05, 3.63) is 47.5 Å². The molecule has 0 spiro atoms. The van der Waals surface area contributed by atoms with E-state index >= 15 is 0 Å². The van der Waals surface area contributed by atoms with Crippen molar-refractivity contribution in [1.29, 1.82) is 0 Å². The quantitative estimate of drug-likeness (QED) is 0.309. The van der Waals surface area contributed by atoms with Crippen LogP contribution >= 0.6 is 0 Å². The fourth-order valence-electron chi connectivity index (χ4n) is 7.29. The second kappa shape index (κ2) is 7.04. The van der Waals surface area contributed by atoms with Crippen molar-refractivity contribution >= 4 is 30.6 Å². The molecule has 0 saturated carbocycles. The Kier molecular flexibility index (Phi) is 5.68. The highest BCUT2D eigenvalue weighted by molar-refractivity contribution is 7.70. The van der Waals surface area contributed by atoms with Gasteiger partial charge in [-0.1, -0.05) is 63.6 Å². The van der Waals surface area contributed by atoms with Gasteiger partial charge in [0.05, 0.1) is 17.9 Å². The van der Waals surface area contributed by atoms with Gasteiger partial charge >= 0.3 is 6.18 Å². The maximum absolute atomic E-state index is 13.3. The first-order chi connectivity index (χ1) is 13.4. The van der Waals surface area contributed by atoms with E-state index in [-0.39, 0.29) is 5.92 Å². The highest BCUT2D eigenvalue weighted by atomic mass is 29.6. The Labute approximate surface area is 183 Å². The molecule has 1 nitrogen and oxygen atoms in total. The minimum absolute atomic E-state index is 0.288. The number of alkyl halides is 3. The van der Waals surface area contributed by atoms with Crippen molar-refractivity contribution in [2.75, 3.05) is 0 Å². The predicted octanol–water partition coefficient (Wildman–Crippen LogP) is 7.53. The Morgan fingerprint density at radius 2 is 1.37 bits per heavy atom. The molecule has 1 aromatic carbocycles. The van der Waals surface area contributed by atoms with Crippen molar-refractivity contribution < 1.29 is 17.6 Å². The Bertz CT molecular complexity index is 814. The van der Waals surface area contributed by atoms with Gasteiger partial charge < -0.3 is 4.43 Å². The summed E-state index contributed by atoms with van der Waals surface area (Å²) >= 11 is 0. The van der Waals surface area contributed by atoms with E-state index in [0.29, 0.717) is 5.54 Å². The monoisotopic (exact) mass is 486 g/mol. The second-order valence-corrected chi connectivity index (χ2v) is 43.9. The molecule has 0 aromatic heterocycles. The van der Waals surface area contributed by atoms with Crippen LogP contribution in [0.4, 0.5) is 13.2 Å². The fraction of sp³-hybridized carbons (Fsp3) is 0.636. The van der Waals surface area contributed by atoms with Crippen LogP contribution in [0.15, 0.2) is 36.4 Å². The molecule has 0 unspecified atom stereocenters. The Morgan fingerprint density at radius 1 is 0.867 bits per heavy atom. The molecule has 1 fully saturated rings. The molecule has 1 heterocycles. The largest absolute Gasteiger partial charge is 0.416 e. The maximum Gasteiger partial charge on any atom is 0.416 e. The maximum atomic E-state index is 13.3. The molecule has 1 saturated heterocycles. The summed E-state index contributed by atoms with van der Waals surface area (Å²) in [7, 11) is -7.49. The van der Waals surface area contributed by atoms with Crippen LogP contribution in [0.5, 0.6) is 0 Å². The third-order valence-electron chi connectivity index (χ3n) is 7.22.